The van der Waals surface area contributed by atoms with Crippen molar-refractivity contribution in [1.82, 2.24) is 15.0 Å². The van der Waals surface area contributed by atoms with Gasteiger partial charge in [-0.2, -0.15) is 15.0 Å². The van der Waals surface area contributed by atoms with Gasteiger partial charge in [-0.15, -0.1) is 0 Å². The zero-order valence-corrected chi connectivity index (χ0v) is 13.2. The minimum absolute atomic E-state index is 0.135. The molecule has 1 heterocycles. The first-order chi connectivity index (χ1) is 9.34. The molecule has 0 atom stereocenters. The predicted molar refractivity (Wildman–Crippen MR) is 77.1 cm³/mol. The Morgan fingerprint density at radius 1 is 1.30 bits per heavy atom. The van der Waals surface area contributed by atoms with Gasteiger partial charge in [-0.05, 0) is 27.7 Å². The standard InChI is InChI=1S/C12H20N4O3S/c1-6-13-9-14-10(18-5)16-11(15-9)20-7-8(17)19-12(2,3)4/h6-7H2,1-5H3,(H,13,14,15,16). The summed E-state index contributed by atoms with van der Waals surface area (Å²) in [7, 11) is 1.48. The molecule has 1 rings (SSSR count). The van der Waals surface area contributed by atoms with Crippen LogP contribution in [0.3, 0.4) is 0 Å². The smallest absolute Gasteiger partial charge is 0.321 e. The number of carbonyl (C=O) groups excluding carboxylic acids is 1. The molecule has 1 aromatic rings. The highest BCUT2D eigenvalue weighted by molar-refractivity contribution is 7.99. The first-order valence-electron chi connectivity index (χ1n) is 6.22. The first-order valence-corrected chi connectivity index (χ1v) is 7.21. The fraction of sp³-hybridized carbons (Fsp3) is 0.667. The monoisotopic (exact) mass is 300 g/mol. The molecule has 0 aromatic carbocycles. The molecule has 0 fully saturated rings. The summed E-state index contributed by atoms with van der Waals surface area (Å²) in [5.41, 5.74) is -0.497. The van der Waals surface area contributed by atoms with E-state index in [9.17, 15) is 4.79 Å². The first kappa shape index (κ1) is 16.5. The van der Waals surface area contributed by atoms with Crippen LogP contribution in [0.1, 0.15) is 27.7 Å². The number of ether oxygens (including phenoxy) is 2. The van der Waals surface area contributed by atoms with E-state index in [0.717, 1.165) is 0 Å². The quantitative estimate of drug-likeness (QED) is 0.628. The van der Waals surface area contributed by atoms with Gasteiger partial charge in [-0.25, -0.2) is 0 Å². The molecule has 1 N–H and O–H groups in total. The van der Waals surface area contributed by atoms with Gasteiger partial charge in [0.05, 0.1) is 12.9 Å². The number of hydrogen-bond acceptors (Lipinski definition) is 8. The van der Waals surface area contributed by atoms with Crippen molar-refractivity contribution < 1.29 is 14.3 Å². The normalized spacial score (nSPS) is 11.1. The molecular weight excluding hydrogens is 280 g/mol. The molecule has 8 heteroatoms. The largest absolute Gasteiger partial charge is 0.467 e. The fourth-order valence-corrected chi connectivity index (χ4v) is 1.82. The van der Waals surface area contributed by atoms with Crippen LogP contribution in [0.15, 0.2) is 5.16 Å². The van der Waals surface area contributed by atoms with Crippen molar-refractivity contribution >= 4 is 23.7 Å². The second kappa shape index (κ2) is 7.28. The number of carbonyl (C=O) groups is 1. The van der Waals surface area contributed by atoms with Crippen LogP contribution in [-0.2, 0) is 9.53 Å². The van der Waals surface area contributed by atoms with Gasteiger partial charge < -0.3 is 14.8 Å². The van der Waals surface area contributed by atoms with Crippen LogP contribution in [0.5, 0.6) is 6.01 Å². The van der Waals surface area contributed by atoms with E-state index in [4.69, 9.17) is 9.47 Å². The zero-order chi connectivity index (χ0) is 15.2. The lowest BCUT2D eigenvalue weighted by Crippen LogP contribution is -2.25. The van der Waals surface area contributed by atoms with Crippen molar-refractivity contribution in [2.45, 2.75) is 38.5 Å². The van der Waals surface area contributed by atoms with Gasteiger partial charge in [0.15, 0.2) is 5.16 Å². The molecule has 0 bridgehead atoms. The Bertz CT molecular complexity index is 463. The highest BCUT2D eigenvalue weighted by Gasteiger charge is 2.17. The SMILES string of the molecule is CCNc1nc(OC)nc(SCC(=O)OC(C)(C)C)n1. The lowest BCUT2D eigenvalue weighted by molar-refractivity contribution is -0.151. The second-order valence-corrected chi connectivity index (χ2v) is 5.78. The van der Waals surface area contributed by atoms with E-state index in [2.05, 4.69) is 20.3 Å². The van der Waals surface area contributed by atoms with Crippen molar-refractivity contribution in [3.8, 4) is 6.01 Å². The summed E-state index contributed by atoms with van der Waals surface area (Å²) < 4.78 is 10.2. The molecule has 0 amide bonds. The Morgan fingerprint density at radius 3 is 2.55 bits per heavy atom. The third-order valence-corrected chi connectivity index (χ3v) is 2.67. The average molecular weight is 300 g/mol. The lowest BCUT2D eigenvalue weighted by atomic mass is 10.2. The highest BCUT2D eigenvalue weighted by atomic mass is 32.2. The number of anilines is 1. The molecule has 0 aliphatic rings. The number of thioether (sulfide) groups is 1. The van der Waals surface area contributed by atoms with Crippen LogP contribution in [0.2, 0.25) is 0 Å². The molecular formula is C12H20N4O3S. The summed E-state index contributed by atoms with van der Waals surface area (Å²) in [5, 5.41) is 3.39. The second-order valence-electron chi connectivity index (χ2n) is 4.83. The molecule has 0 saturated carbocycles. The van der Waals surface area contributed by atoms with E-state index >= 15 is 0 Å². The molecule has 112 valence electrons. The zero-order valence-electron chi connectivity index (χ0n) is 12.4. The fourth-order valence-electron chi connectivity index (χ4n) is 1.23. The van der Waals surface area contributed by atoms with E-state index in [1.165, 1.54) is 18.9 Å². The highest BCUT2D eigenvalue weighted by Crippen LogP contribution is 2.18. The molecule has 20 heavy (non-hydrogen) atoms. The maximum atomic E-state index is 11.6. The van der Waals surface area contributed by atoms with Gasteiger partial charge in [-0.1, -0.05) is 11.8 Å². The number of methoxy groups -OCH3 is 1. The average Bonchev–Trinajstić information content (AvgIpc) is 2.34. The Hall–Kier alpha value is -1.57. The number of esters is 1. The molecule has 0 spiro atoms. The summed E-state index contributed by atoms with van der Waals surface area (Å²) in [6.45, 7) is 8.09. The van der Waals surface area contributed by atoms with Crippen LogP contribution in [0, 0.1) is 0 Å². The van der Waals surface area contributed by atoms with Crippen LogP contribution in [0.4, 0.5) is 5.95 Å². The van der Waals surface area contributed by atoms with Crippen LogP contribution in [-0.4, -0.2) is 45.9 Å². The van der Waals surface area contributed by atoms with Gasteiger partial charge in [-0.3, -0.25) is 4.79 Å². The third kappa shape index (κ3) is 6.05. The van der Waals surface area contributed by atoms with Crippen LogP contribution >= 0.6 is 11.8 Å². The molecule has 0 radical (unpaired) electrons. The molecule has 7 nitrogen and oxygen atoms in total. The van der Waals surface area contributed by atoms with Crippen molar-refractivity contribution in [2.24, 2.45) is 0 Å². The Balaban J connectivity index is 2.67. The van der Waals surface area contributed by atoms with Crippen LogP contribution < -0.4 is 10.1 Å². The van der Waals surface area contributed by atoms with E-state index in [1.54, 1.807) is 0 Å². The number of aromatic nitrogens is 3. The number of hydrogen-bond donors (Lipinski definition) is 1. The molecule has 1 aromatic heterocycles. The maximum absolute atomic E-state index is 11.6. The Labute approximate surface area is 122 Å². The van der Waals surface area contributed by atoms with E-state index in [-0.39, 0.29) is 17.7 Å². The van der Waals surface area contributed by atoms with Crippen molar-refractivity contribution in [3.05, 3.63) is 0 Å². The minimum atomic E-state index is -0.497. The summed E-state index contributed by atoms with van der Waals surface area (Å²) in [6, 6.07) is 0.211. The Kier molecular flexibility index (Phi) is 6.00. The Morgan fingerprint density at radius 2 is 2.00 bits per heavy atom. The van der Waals surface area contributed by atoms with E-state index in [1.807, 2.05) is 27.7 Å². The third-order valence-electron chi connectivity index (χ3n) is 1.85. The van der Waals surface area contributed by atoms with E-state index < -0.39 is 5.60 Å². The molecule has 0 unspecified atom stereocenters. The van der Waals surface area contributed by atoms with Crippen LogP contribution in [0.25, 0.3) is 0 Å². The molecule has 0 aliphatic carbocycles. The summed E-state index contributed by atoms with van der Waals surface area (Å²) in [4.78, 5) is 23.9. The van der Waals surface area contributed by atoms with Gasteiger partial charge in [0.25, 0.3) is 0 Å². The lowest BCUT2D eigenvalue weighted by Gasteiger charge is -2.19. The molecule has 0 aliphatic heterocycles. The summed E-state index contributed by atoms with van der Waals surface area (Å²) in [6.07, 6.45) is 0. The summed E-state index contributed by atoms with van der Waals surface area (Å²) >= 11 is 1.18. The van der Waals surface area contributed by atoms with Crippen molar-refractivity contribution in [1.29, 1.82) is 0 Å². The van der Waals surface area contributed by atoms with Gasteiger partial charge in [0, 0.05) is 6.54 Å². The number of nitrogens with zero attached hydrogens (tertiary/aromatic N) is 3. The van der Waals surface area contributed by atoms with Crippen molar-refractivity contribution in [2.75, 3.05) is 24.7 Å². The number of nitrogens with one attached hydrogen (secondary N) is 1. The minimum Gasteiger partial charge on any atom is -0.467 e. The van der Waals surface area contributed by atoms with Gasteiger partial charge >= 0.3 is 12.0 Å². The maximum Gasteiger partial charge on any atom is 0.321 e. The topological polar surface area (TPSA) is 86.2 Å². The van der Waals surface area contributed by atoms with Gasteiger partial charge in [0.1, 0.15) is 5.60 Å². The number of rotatable bonds is 6. The summed E-state index contributed by atoms with van der Waals surface area (Å²) in [5.74, 6) is 0.244. The van der Waals surface area contributed by atoms with E-state index in [0.29, 0.717) is 17.6 Å². The van der Waals surface area contributed by atoms with Crippen molar-refractivity contribution in [3.63, 3.8) is 0 Å². The predicted octanol–water partition coefficient (Wildman–Crippen LogP) is 1.75. The molecule has 0 saturated heterocycles. The van der Waals surface area contributed by atoms with Gasteiger partial charge in [0.2, 0.25) is 5.95 Å².